The van der Waals surface area contributed by atoms with E-state index in [1.54, 1.807) is 12.4 Å². The van der Waals surface area contributed by atoms with E-state index in [2.05, 4.69) is 34.4 Å². The van der Waals surface area contributed by atoms with Gasteiger partial charge in [-0.05, 0) is 41.8 Å². The molecule has 1 atom stereocenters. The van der Waals surface area contributed by atoms with E-state index in [0.717, 1.165) is 46.2 Å². The van der Waals surface area contributed by atoms with Gasteiger partial charge in [0.1, 0.15) is 6.61 Å². The summed E-state index contributed by atoms with van der Waals surface area (Å²) < 4.78 is 77.9. The summed E-state index contributed by atoms with van der Waals surface area (Å²) in [5, 5.41) is 14.2. The minimum absolute atomic E-state index is 0.276. The molecule has 230 valence electrons. The molecular formula is C27H24F6N4O6. The van der Waals surface area contributed by atoms with Crippen molar-refractivity contribution in [2.24, 2.45) is 5.92 Å². The van der Waals surface area contributed by atoms with E-state index in [9.17, 15) is 26.3 Å². The number of alkyl halides is 6. The van der Waals surface area contributed by atoms with Crippen molar-refractivity contribution in [2.45, 2.75) is 38.8 Å². The van der Waals surface area contributed by atoms with Gasteiger partial charge in [0, 0.05) is 30.7 Å². The number of pyridine rings is 2. The molecule has 1 unspecified atom stereocenters. The zero-order valence-electron chi connectivity index (χ0n) is 22.4. The molecule has 0 bridgehead atoms. The number of para-hydroxylation sites is 2. The van der Waals surface area contributed by atoms with Gasteiger partial charge in [-0.1, -0.05) is 26.0 Å². The first-order valence-electron chi connectivity index (χ1n) is 12.3. The van der Waals surface area contributed by atoms with Crippen molar-refractivity contribution in [1.29, 1.82) is 0 Å². The maximum atomic E-state index is 10.6. The van der Waals surface area contributed by atoms with Gasteiger partial charge in [0.25, 0.3) is 0 Å². The summed E-state index contributed by atoms with van der Waals surface area (Å²) in [4.78, 5) is 31.4. The summed E-state index contributed by atoms with van der Waals surface area (Å²) in [7, 11) is 0. The number of nitrogens with zero attached hydrogens (tertiary/aromatic N) is 4. The lowest BCUT2D eigenvalue weighted by Crippen LogP contribution is -2.25. The molecule has 16 heteroatoms. The monoisotopic (exact) mass is 614 g/mol. The van der Waals surface area contributed by atoms with Gasteiger partial charge in [-0.3, -0.25) is 4.98 Å². The number of carbonyl (C=O) groups is 2. The van der Waals surface area contributed by atoms with Crippen molar-refractivity contribution in [3.63, 3.8) is 0 Å². The molecule has 4 aromatic rings. The lowest BCUT2D eigenvalue weighted by molar-refractivity contribution is -0.193. The molecule has 10 nitrogen and oxygen atoms in total. The first-order valence-corrected chi connectivity index (χ1v) is 12.3. The first kappa shape index (κ1) is 32.6. The van der Waals surface area contributed by atoms with Gasteiger partial charge in [0.2, 0.25) is 0 Å². The Bertz CT molecular complexity index is 1530. The van der Waals surface area contributed by atoms with Crippen molar-refractivity contribution < 1.29 is 55.6 Å². The van der Waals surface area contributed by atoms with Crippen LogP contribution in [0.5, 0.6) is 11.5 Å². The maximum absolute atomic E-state index is 10.6. The molecule has 0 aliphatic carbocycles. The Labute approximate surface area is 239 Å². The number of carboxylic acids is 2. The third-order valence-corrected chi connectivity index (χ3v) is 5.48. The zero-order chi connectivity index (χ0) is 31.9. The van der Waals surface area contributed by atoms with Crippen LogP contribution in [-0.4, -0.2) is 60.6 Å². The molecule has 5 rings (SSSR count). The first-order chi connectivity index (χ1) is 20.1. The van der Waals surface area contributed by atoms with E-state index in [1.165, 1.54) is 0 Å². The van der Waals surface area contributed by atoms with Crippen LogP contribution in [-0.2, 0) is 16.1 Å². The van der Waals surface area contributed by atoms with E-state index in [4.69, 9.17) is 34.3 Å². The highest BCUT2D eigenvalue weighted by molar-refractivity contribution is 5.79. The number of rotatable bonds is 4. The lowest BCUT2D eigenvalue weighted by Gasteiger charge is -2.26. The second-order valence-corrected chi connectivity index (χ2v) is 9.25. The normalized spacial score (nSPS) is 14.3. The predicted octanol–water partition coefficient (Wildman–Crippen LogP) is 5.93. The molecule has 0 fully saturated rings. The number of aliphatic carboxylic acids is 2. The molecule has 0 spiro atoms. The Hall–Kier alpha value is -4.89. The van der Waals surface area contributed by atoms with Gasteiger partial charge in [0.15, 0.2) is 29.1 Å². The number of benzene rings is 1. The molecule has 0 amide bonds. The number of fused-ring (bicyclic) bond motifs is 2. The van der Waals surface area contributed by atoms with Gasteiger partial charge in [-0.25, -0.2) is 19.6 Å². The Kier molecular flexibility index (Phi) is 10.2. The van der Waals surface area contributed by atoms with E-state index in [1.807, 2.05) is 42.6 Å². The quantitative estimate of drug-likeness (QED) is 0.268. The number of aromatic nitrogens is 4. The molecule has 4 heterocycles. The van der Waals surface area contributed by atoms with Crippen molar-refractivity contribution in [3.05, 3.63) is 66.9 Å². The van der Waals surface area contributed by atoms with Crippen LogP contribution in [0.2, 0.25) is 0 Å². The van der Waals surface area contributed by atoms with Gasteiger partial charge in [-0.15, -0.1) is 0 Å². The SMILES string of the molecule is CC(C)Cn1c(C2COc3ccccc3O2)nc2ncc(-c3ccncc3)cc21.O=C(O)C(F)(F)F.O=C(O)C(F)(F)F. The van der Waals surface area contributed by atoms with Gasteiger partial charge in [0.05, 0.1) is 5.52 Å². The fraction of sp³-hybridized carbons (Fsp3) is 0.296. The molecule has 3 aromatic heterocycles. The molecule has 0 saturated heterocycles. The fourth-order valence-electron chi connectivity index (χ4n) is 3.67. The standard InChI is InChI=1S/C23H22N4O2.2C2HF3O2/c1-15(2)13-27-18-11-17(16-7-9-24-10-8-16)12-25-22(18)26-23(27)21-14-28-19-5-3-4-6-20(19)29-21;2*3-2(4,5)1(6)7/h3-12,15,21H,13-14H2,1-2H3;2*(H,6,7). The number of hydrogen-bond acceptors (Lipinski definition) is 7. The summed E-state index contributed by atoms with van der Waals surface area (Å²) in [5.41, 5.74) is 3.85. The highest BCUT2D eigenvalue weighted by atomic mass is 19.4. The molecule has 43 heavy (non-hydrogen) atoms. The molecule has 2 N–H and O–H groups in total. The van der Waals surface area contributed by atoms with Gasteiger partial charge in [-0.2, -0.15) is 26.3 Å². The average Bonchev–Trinajstić information content (AvgIpc) is 3.30. The minimum atomic E-state index is -5.08. The summed E-state index contributed by atoms with van der Waals surface area (Å²) in [5.74, 6) is -2.69. The van der Waals surface area contributed by atoms with Crippen molar-refractivity contribution >= 4 is 23.1 Å². The molecule has 1 aliphatic rings. The predicted molar refractivity (Wildman–Crippen MR) is 138 cm³/mol. The van der Waals surface area contributed by atoms with Crippen LogP contribution in [0.15, 0.2) is 61.1 Å². The largest absolute Gasteiger partial charge is 0.490 e. The highest BCUT2D eigenvalue weighted by Gasteiger charge is 2.39. The molecular weight excluding hydrogens is 590 g/mol. The van der Waals surface area contributed by atoms with Crippen LogP contribution in [0.1, 0.15) is 25.8 Å². The second kappa shape index (κ2) is 13.4. The average molecular weight is 614 g/mol. The Morgan fingerprint density at radius 2 is 1.51 bits per heavy atom. The van der Waals surface area contributed by atoms with Crippen LogP contribution in [0, 0.1) is 5.92 Å². The van der Waals surface area contributed by atoms with E-state index >= 15 is 0 Å². The maximum Gasteiger partial charge on any atom is 0.490 e. The Balaban J connectivity index is 0.000000303. The summed E-state index contributed by atoms with van der Waals surface area (Å²) in [6, 6.07) is 13.9. The number of halogens is 6. The summed E-state index contributed by atoms with van der Waals surface area (Å²) >= 11 is 0. The van der Waals surface area contributed by atoms with E-state index in [0.29, 0.717) is 12.5 Å². The molecule has 0 saturated carbocycles. The lowest BCUT2D eigenvalue weighted by atomic mass is 10.1. The van der Waals surface area contributed by atoms with Crippen LogP contribution >= 0.6 is 0 Å². The number of hydrogen-bond donors (Lipinski definition) is 2. The number of ether oxygens (including phenoxy) is 2. The Morgan fingerprint density at radius 3 is 2.05 bits per heavy atom. The van der Waals surface area contributed by atoms with Crippen LogP contribution in [0.25, 0.3) is 22.3 Å². The number of carboxylic acid groups (broad SMARTS) is 2. The molecule has 1 aliphatic heterocycles. The minimum Gasteiger partial charge on any atom is -0.485 e. The van der Waals surface area contributed by atoms with Crippen molar-refractivity contribution in [2.75, 3.05) is 6.61 Å². The molecule has 1 aromatic carbocycles. The topological polar surface area (TPSA) is 137 Å². The Morgan fingerprint density at radius 1 is 0.953 bits per heavy atom. The second-order valence-electron chi connectivity index (χ2n) is 9.25. The van der Waals surface area contributed by atoms with Gasteiger partial charge >= 0.3 is 24.3 Å². The van der Waals surface area contributed by atoms with Crippen molar-refractivity contribution in [1.82, 2.24) is 19.5 Å². The van der Waals surface area contributed by atoms with Crippen LogP contribution < -0.4 is 9.47 Å². The molecule has 0 radical (unpaired) electrons. The number of imidazole rings is 1. The van der Waals surface area contributed by atoms with E-state index in [-0.39, 0.29) is 6.10 Å². The smallest absolute Gasteiger partial charge is 0.485 e. The van der Waals surface area contributed by atoms with Crippen molar-refractivity contribution in [3.8, 4) is 22.6 Å². The zero-order valence-corrected chi connectivity index (χ0v) is 22.4. The van der Waals surface area contributed by atoms with Gasteiger partial charge < -0.3 is 24.3 Å². The third-order valence-electron chi connectivity index (χ3n) is 5.48. The van der Waals surface area contributed by atoms with Crippen LogP contribution in [0.4, 0.5) is 26.3 Å². The highest BCUT2D eigenvalue weighted by Crippen LogP contribution is 2.37. The summed E-state index contributed by atoms with van der Waals surface area (Å²) in [6.07, 6.45) is -4.99. The third kappa shape index (κ3) is 8.80. The van der Waals surface area contributed by atoms with E-state index < -0.39 is 24.3 Å². The van der Waals surface area contributed by atoms with Crippen LogP contribution in [0.3, 0.4) is 0 Å². The fourth-order valence-corrected chi connectivity index (χ4v) is 3.67. The summed E-state index contributed by atoms with van der Waals surface area (Å²) in [6.45, 7) is 5.65.